The number of hydrogen-bond donors (Lipinski definition) is 0. The number of carbonyl (C=O) groups excluding carboxylic acids is 1. The maximum Gasteiger partial charge on any atom is 0.236 e. The third-order valence-electron chi connectivity index (χ3n) is 4.65. The third kappa shape index (κ3) is 4.79. The molecule has 132 valence electrons. The van der Waals surface area contributed by atoms with Crippen LogP contribution in [0.25, 0.3) is 0 Å². The fraction of sp³-hybridized carbons (Fsp3) is 0.526. The Morgan fingerprint density at radius 3 is 2.48 bits per heavy atom. The Morgan fingerprint density at radius 1 is 1.24 bits per heavy atom. The first-order chi connectivity index (χ1) is 12.1. The molecule has 0 aliphatic carbocycles. The van der Waals surface area contributed by atoms with Gasteiger partial charge in [0.15, 0.2) is 0 Å². The number of hydrogen-bond acceptors (Lipinski definition) is 5. The number of morpholine rings is 1. The first kappa shape index (κ1) is 18.9. The summed E-state index contributed by atoms with van der Waals surface area (Å²) >= 11 is 0. The molecule has 1 fully saturated rings. The zero-order valence-electron chi connectivity index (χ0n) is 14.6. The Bertz CT molecular complexity index is 632. The van der Waals surface area contributed by atoms with Crippen LogP contribution in [0.1, 0.15) is 25.3 Å². The molecule has 0 radical (unpaired) electrons. The van der Waals surface area contributed by atoms with E-state index < -0.39 is 0 Å². The Hall–Kier alpha value is -2.41. The van der Waals surface area contributed by atoms with Gasteiger partial charge in [-0.05, 0) is 12.5 Å². The molecular weight excluding hydrogens is 316 g/mol. The molecule has 0 saturated carbocycles. The van der Waals surface area contributed by atoms with E-state index in [4.69, 9.17) is 15.3 Å². The van der Waals surface area contributed by atoms with E-state index in [9.17, 15) is 4.79 Å². The van der Waals surface area contributed by atoms with Crippen LogP contribution in [0.4, 0.5) is 0 Å². The Balaban J connectivity index is 2.13. The highest BCUT2D eigenvalue weighted by molar-refractivity contribution is 5.78. The number of benzene rings is 1. The normalized spacial score (nSPS) is 20.4. The zero-order valence-corrected chi connectivity index (χ0v) is 14.6. The Morgan fingerprint density at radius 2 is 1.88 bits per heavy atom. The Kier molecular flexibility index (Phi) is 6.94. The molecule has 1 saturated heterocycles. The quantitative estimate of drug-likeness (QED) is 0.757. The molecule has 1 aromatic carbocycles. The summed E-state index contributed by atoms with van der Waals surface area (Å²) in [5.74, 6) is -0.0467. The number of nitriles is 2. The minimum absolute atomic E-state index is 0.0467. The summed E-state index contributed by atoms with van der Waals surface area (Å²) in [5, 5.41) is 17.6. The van der Waals surface area contributed by atoms with Crippen LogP contribution in [0.2, 0.25) is 0 Å². The summed E-state index contributed by atoms with van der Waals surface area (Å²) in [5.41, 5.74) is 0.744. The molecule has 6 nitrogen and oxygen atoms in total. The summed E-state index contributed by atoms with van der Waals surface area (Å²) in [6, 6.07) is 14.2. The second-order valence-corrected chi connectivity index (χ2v) is 6.31. The van der Waals surface area contributed by atoms with Crippen LogP contribution >= 0.6 is 0 Å². The molecule has 1 aliphatic rings. The topological polar surface area (TPSA) is 80.4 Å². The van der Waals surface area contributed by atoms with Crippen molar-refractivity contribution in [2.24, 2.45) is 0 Å². The van der Waals surface area contributed by atoms with Crippen LogP contribution < -0.4 is 0 Å². The molecule has 0 bridgehead atoms. The highest BCUT2D eigenvalue weighted by atomic mass is 16.5. The van der Waals surface area contributed by atoms with Crippen LogP contribution in [0.15, 0.2) is 30.3 Å². The zero-order chi connectivity index (χ0) is 18.1. The summed E-state index contributed by atoms with van der Waals surface area (Å²) in [6.45, 7) is 4.86. The number of rotatable bonds is 7. The lowest BCUT2D eigenvalue weighted by molar-refractivity contribution is -0.138. The molecule has 1 heterocycles. The van der Waals surface area contributed by atoms with E-state index in [1.165, 1.54) is 0 Å². The standard InChI is InChI=1S/C19H24N4O2/c1-19(17-7-3-2-4-8-17)16-25-14-13-23(19)15-18(24)22(11-5-9-20)12-6-10-21/h2-4,7-8H,5-6,11-16H2,1H3. The van der Waals surface area contributed by atoms with E-state index in [1.807, 2.05) is 18.2 Å². The lowest BCUT2D eigenvalue weighted by Gasteiger charge is -2.45. The van der Waals surface area contributed by atoms with Crippen molar-refractivity contribution in [2.75, 3.05) is 39.4 Å². The molecule has 0 N–H and O–H groups in total. The molecule has 1 amide bonds. The van der Waals surface area contributed by atoms with Gasteiger partial charge in [0, 0.05) is 19.6 Å². The second-order valence-electron chi connectivity index (χ2n) is 6.31. The van der Waals surface area contributed by atoms with Crippen LogP contribution in [0.5, 0.6) is 0 Å². The first-order valence-corrected chi connectivity index (χ1v) is 8.52. The van der Waals surface area contributed by atoms with Crippen molar-refractivity contribution in [1.82, 2.24) is 9.80 Å². The summed E-state index contributed by atoms with van der Waals surface area (Å²) < 4.78 is 5.69. The van der Waals surface area contributed by atoms with Gasteiger partial charge in [-0.1, -0.05) is 30.3 Å². The van der Waals surface area contributed by atoms with Crippen LogP contribution in [0, 0.1) is 22.7 Å². The lowest BCUT2D eigenvalue weighted by Crippen LogP contribution is -2.56. The molecule has 6 heteroatoms. The maximum absolute atomic E-state index is 12.8. The number of carbonyl (C=O) groups is 1. The Labute approximate surface area is 149 Å². The van der Waals surface area contributed by atoms with Crippen molar-refractivity contribution in [3.63, 3.8) is 0 Å². The molecule has 0 spiro atoms. The predicted octanol–water partition coefficient (Wildman–Crippen LogP) is 1.89. The molecule has 25 heavy (non-hydrogen) atoms. The average molecular weight is 340 g/mol. The van der Waals surface area contributed by atoms with Gasteiger partial charge in [-0.15, -0.1) is 0 Å². The van der Waals surface area contributed by atoms with Gasteiger partial charge >= 0.3 is 0 Å². The fourth-order valence-corrected chi connectivity index (χ4v) is 3.09. The van der Waals surface area contributed by atoms with Gasteiger partial charge < -0.3 is 9.64 Å². The lowest BCUT2D eigenvalue weighted by atomic mass is 9.89. The largest absolute Gasteiger partial charge is 0.378 e. The molecule has 1 unspecified atom stereocenters. The molecule has 1 atom stereocenters. The predicted molar refractivity (Wildman–Crippen MR) is 93.2 cm³/mol. The van der Waals surface area contributed by atoms with Crippen molar-refractivity contribution in [3.05, 3.63) is 35.9 Å². The molecule has 1 aliphatic heterocycles. The van der Waals surface area contributed by atoms with Crippen LogP contribution in [0.3, 0.4) is 0 Å². The minimum atomic E-state index is -0.370. The minimum Gasteiger partial charge on any atom is -0.378 e. The average Bonchev–Trinajstić information content (AvgIpc) is 2.64. The van der Waals surface area contributed by atoms with Crippen molar-refractivity contribution >= 4 is 5.91 Å². The fourth-order valence-electron chi connectivity index (χ4n) is 3.09. The van der Waals surface area contributed by atoms with Crippen molar-refractivity contribution in [3.8, 4) is 12.1 Å². The van der Waals surface area contributed by atoms with E-state index in [0.29, 0.717) is 32.8 Å². The highest BCUT2D eigenvalue weighted by Crippen LogP contribution is 2.31. The van der Waals surface area contributed by atoms with Gasteiger partial charge in [0.25, 0.3) is 0 Å². The van der Waals surface area contributed by atoms with Crippen molar-refractivity contribution in [1.29, 1.82) is 10.5 Å². The molecular formula is C19H24N4O2. The van der Waals surface area contributed by atoms with Gasteiger partial charge in [0.2, 0.25) is 5.91 Å². The van der Waals surface area contributed by atoms with E-state index in [1.54, 1.807) is 4.90 Å². The smallest absolute Gasteiger partial charge is 0.236 e. The van der Waals surface area contributed by atoms with Gasteiger partial charge in [0.05, 0.1) is 50.3 Å². The summed E-state index contributed by atoms with van der Waals surface area (Å²) in [7, 11) is 0. The third-order valence-corrected chi connectivity index (χ3v) is 4.65. The monoisotopic (exact) mass is 340 g/mol. The summed E-state index contributed by atoms with van der Waals surface area (Å²) in [4.78, 5) is 16.5. The highest BCUT2D eigenvalue weighted by Gasteiger charge is 2.38. The second kappa shape index (κ2) is 9.17. The van der Waals surface area contributed by atoms with E-state index in [0.717, 1.165) is 5.56 Å². The van der Waals surface area contributed by atoms with Gasteiger partial charge in [-0.2, -0.15) is 10.5 Å². The van der Waals surface area contributed by atoms with Gasteiger partial charge in [-0.25, -0.2) is 0 Å². The van der Waals surface area contributed by atoms with E-state index >= 15 is 0 Å². The van der Waals surface area contributed by atoms with Crippen LogP contribution in [-0.2, 0) is 15.1 Å². The number of amides is 1. The number of ether oxygens (including phenoxy) is 1. The van der Waals surface area contributed by atoms with Crippen molar-refractivity contribution in [2.45, 2.75) is 25.3 Å². The van der Waals surface area contributed by atoms with Gasteiger partial charge in [0.1, 0.15) is 0 Å². The van der Waals surface area contributed by atoms with Gasteiger partial charge in [-0.3, -0.25) is 9.69 Å². The van der Waals surface area contributed by atoms with E-state index in [2.05, 4.69) is 36.1 Å². The maximum atomic E-state index is 12.8. The number of nitrogens with zero attached hydrogens (tertiary/aromatic N) is 4. The molecule has 0 aromatic heterocycles. The molecule has 1 aromatic rings. The molecule has 2 rings (SSSR count). The summed E-state index contributed by atoms with van der Waals surface area (Å²) in [6.07, 6.45) is 0.548. The van der Waals surface area contributed by atoms with E-state index in [-0.39, 0.29) is 30.8 Å². The van der Waals surface area contributed by atoms with Crippen molar-refractivity contribution < 1.29 is 9.53 Å². The van der Waals surface area contributed by atoms with Crippen LogP contribution in [-0.4, -0.2) is 55.1 Å². The SMILES string of the molecule is CC1(c2ccccc2)COCCN1CC(=O)N(CCC#N)CCC#N. The first-order valence-electron chi connectivity index (χ1n) is 8.52.